The summed E-state index contributed by atoms with van der Waals surface area (Å²) in [5, 5.41) is 3.74. The molecule has 0 spiro atoms. The molecule has 2 N–H and O–H groups in total. The largest absolute Gasteiger partial charge is 0.444 e. The number of nitrogens with one attached hydrogen (secondary N) is 2. The molecule has 2 aliphatic rings. The molecule has 12 heteroatoms. The number of fused-ring (bicyclic) bond motifs is 2. The van der Waals surface area contributed by atoms with Crippen LogP contribution < -0.4 is 5.32 Å². The maximum Gasteiger partial charge on any atom is 0.412 e. The van der Waals surface area contributed by atoms with Crippen molar-refractivity contribution in [3.63, 3.8) is 0 Å². The number of ether oxygens (including phenoxy) is 3. The zero-order valence-corrected chi connectivity index (χ0v) is 40.8. The molecule has 2 aliphatic heterocycles. The summed E-state index contributed by atoms with van der Waals surface area (Å²) in [6.07, 6.45) is 3.33. The van der Waals surface area contributed by atoms with Gasteiger partial charge in [0.1, 0.15) is 34.5 Å². The lowest BCUT2D eigenvalue weighted by Gasteiger charge is -2.31. The number of piperidine rings is 2. The van der Waals surface area contributed by atoms with Crippen molar-refractivity contribution in [2.75, 3.05) is 45.6 Å². The SMILES string of the molecule is CN1CCC(OC(c2cccc(-c3ccc(NC(=O)OC(C)(C)C)cc3)c2)c2nc3ccccc3[nH]2)CC1.CN1CCC(OC(c2cccc(-c3ccccc3F)c2)c2nc3ccccc3s2)CC1. The number of para-hydroxylation sites is 3. The van der Waals surface area contributed by atoms with Gasteiger partial charge in [0.2, 0.25) is 0 Å². The first kappa shape index (κ1) is 47.8. The maximum absolute atomic E-state index is 14.4. The van der Waals surface area contributed by atoms with E-state index in [-0.39, 0.29) is 30.2 Å². The lowest BCUT2D eigenvalue weighted by Crippen LogP contribution is -2.35. The second-order valence-corrected chi connectivity index (χ2v) is 20.2. The van der Waals surface area contributed by atoms with Gasteiger partial charge in [0.15, 0.2) is 0 Å². The number of amides is 1. The van der Waals surface area contributed by atoms with Crippen LogP contribution in [0.4, 0.5) is 14.9 Å². The molecular formula is C57H61FN6O4S. The van der Waals surface area contributed by atoms with E-state index < -0.39 is 11.7 Å². The molecule has 8 aromatic rings. The molecule has 69 heavy (non-hydrogen) atoms. The van der Waals surface area contributed by atoms with E-state index in [1.165, 1.54) is 6.07 Å². The average molecular weight is 945 g/mol. The zero-order valence-electron chi connectivity index (χ0n) is 40.0. The van der Waals surface area contributed by atoms with Gasteiger partial charge in [-0.1, -0.05) is 91.0 Å². The number of imidazole rings is 1. The van der Waals surface area contributed by atoms with Crippen LogP contribution in [0.25, 0.3) is 43.5 Å². The van der Waals surface area contributed by atoms with Gasteiger partial charge in [0.05, 0.1) is 33.5 Å². The highest BCUT2D eigenvalue weighted by atomic mass is 32.1. The summed E-state index contributed by atoms with van der Waals surface area (Å²) < 4.78 is 34.4. The van der Waals surface area contributed by atoms with Crippen LogP contribution in [0.5, 0.6) is 0 Å². The average Bonchev–Trinajstić information content (AvgIpc) is 3.99. The van der Waals surface area contributed by atoms with E-state index in [9.17, 15) is 9.18 Å². The smallest absolute Gasteiger partial charge is 0.412 e. The van der Waals surface area contributed by atoms with Gasteiger partial charge in [-0.2, -0.15) is 0 Å². The zero-order chi connectivity index (χ0) is 47.9. The summed E-state index contributed by atoms with van der Waals surface area (Å²) in [5.74, 6) is 0.603. The number of rotatable bonds is 11. The minimum atomic E-state index is -0.545. The Morgan fingerprint density at radius 1 is 0.667 bits per heavy atom. The Morgan fingerprint density at radius 2 is 1.25 bits per heavy atom. The number of benzene rings is 6. The van der Waals surface area contributed by atoms with Gasteiger partial charge in [0.25, 0.3) is 0 Å². The minimum Gasteiger partial charge on any atom is -0.444 e. The molecule has 1 amide bonds. The summed E-state index contributed by atoms with van der Waals surface area (Å²) in [4.78, 5) is 30.1. The Bertz CT molecular complexity index is 2900. The quantitative estimate of drug-likeness (QED) is 0.132. The molecule has 2 fully saturated rings. The van der Waals surface area contributed by atoms with E-state index >= 15 is 0 Å². The maximum atomic E-state index is 14.4. The second kappa shape index (κ2) is 21.6. The Hall–Kier alpha value is -6.28. The number of hydrogen-bond acceptors (Lipinski definition) is 9. The van der Waals surface area contributed by atoms with Crippen LogP contribution in [0.15, 0.2) is 146 Å². The highest BCUT2D eigenvalue weighted by Crippen LogP contribution is 2.37. The number of thiazole rings is 1. The van der Waals surface area contributed by atoms with Crippen molar-refractivity contribution >= 4 is 44.4 Å². The highest BCUT2D eigenvalue weighted by molar-refractivity contribution is 7.18. The van der Waals surface area contributed by atoms with Crippen LogP contribution in [0.1, 0.15) is 80.6 Å². The molecule has 0 aliphatic carbocycles. The molecule has 4 heterocycles. The summed E-state index contributed by atoms with van der Waals surface area (Å²) in [5.41, 5.74) is 8.71. The topological polar surface area (TPSA) is 105 Å². The summed E-state index contributed by atoms with van der Waals surface area (Å²) in [7, 11) is 4.31. The molecule has 10 rings (SSSR count). The molecule has 356 valence electrons. The first-order chi connectivity index (χ1) is 33.4. The third-order valence-corrected chi connectivity index (χ3v) is 13.7. The van der Waals surface area contributed by atoms with Gasteiger partial charge in [-0.15, -0.1) is 11.3 Å². The van der Waals surface area contributed by atoms with Crippen molar-refractivity contribution in [1.82, 2.24) is 24.8 Å². The predicted molar refractivity (Wildman–Crippen MR) is 276 cm³/mol. The van der Waals surface area contributed by atoms with Gasteiger partial charge in [-0.3, -0.25) is 5.32 Å². The fourth-order valence-corrected chi connectivity index (χ4v) is 9.95. The number of likely N-dealkylation sites (tertiary alicyclic amines) is 2. The number of halogens is 1. The van der Waals surface area contributed by atoms with Crippen molar-refractivity contribution in [3.05, 3.63) is 173 Å². The summed E-state index contributed by atoms with van der Waals surface area (Å²) >= 11 is 1.67. The Balaban J connectivity index is 0.000000175. The molecule has 2 aromatic heterocycles. The van der Waals surface area contributed by atoms with Crippen LogP contribution in [-0.2, 0) is 14.2 Å². The van der Waals surface area contributed by atoms with Crippen molar-refractivity contribution in [2.24, 2.45) is 0 Å². The fraction of sp³-hybridized carbons (Fsp3) is 0.316. The predicted octanol–water partition coefficient (Wildman–Crippen LogP) is 13.1. The monoisotopic (exact) mass is 944 g/mol. The van der Waals surface area contributed by atoms with Gasteiger partial charge in [-0.05, 0) is 143 Å². The van der Waals surface area contributed by atoms with Gasteiger partial charge in [-0.25, -0.2) is 19.2 Å². The number of aromatic amines is 1. The first-order valence-corrected chi connectivity index (χ1v) is 24.8. The molecule has 2 unspecified atom stereocenters. The molecule has 10 nitrogen and oxygen atoms in total. The van der Waals surface area contributed by atoms with Gasteiger partial charge >= 0.3 is 6.09 Å². The standard InChI is InChI=1S/C31H36N4O3.C26H25FN2OS/c1-31(2,3)38-30(36)32-24-14-12-21(13-15-24)22-8-7-9-23(20-22)28(37-25-16-18-35(4)19-17-25)29-33-26-10-5-6-11-27(26)34-29;1-29-15-13-20(14-16-29)30-25(26-28-23-11-4-5-12-24(23)31-26)19-8-6-7-18(17-19)21-9-2-3-10-22(21)27/h5-15,20,25,28H,16-19H2,1-4H3,(H,32,36)(H,33,34);2-12,17,20,25H,13-16H2,1H3. The van der Waals surface area contributed by atoms with Crippen LogP contribution in [0.3, 0.4) is 0 Å². The van der Waals surface area contributed by atoms with E-state index in [0.29, 0.717) is 11.3 Å². The lowest BCUT2D eigenvalue weighted by molar-refractivity contribution is -0.0264. The molecule has 2 saturated heterocycles. The fourth-order valence-electron chi connectivity index (χ4n) is 8.92. The van der Waals surface area contributed by atoms with Gasteiger partial charge < -0.3 is 29.0 Å². The van der Waals surface area contributed by atoms with Crippen LogP contribution >= 0.6 is 11.3 Å². The normalized spacial score (nSPS) is 16.2. The van der Waals surface area contributed by atoms with Crippen LogP contribution in [-0.4, -0.2) is 88.9 Å². The van der Waals surface area contributed by atoms with E-state index in [4.69, 9.17) is 24.2 Å². The summed E-state index contributed by atoms with van der Waals surface area (Å²) in [6, 6.07) is 47.4. The number of carbonyl (C=O) groups excluding carboxylic acids is 1. The number of nitrogens with zero attached hydrogens (tertiary/aromatic N) is 4. The molecule has 0 bridgehead atoms. The van der Waals surface area contributed by atoms with Crippen LogP contribution in [0.2, 0.25) is 0 Å². The van der Waals surface area contributed by atoms with E-state index in [1.54, 1.807) is 17.4 Å². The second-order valence-electron chi connectivity index (χ2n) is 19.1. The molecule has 0 radical (unpaired) electrons. The van der Waals surface area contributed by atoms with E-state index in [2.05, 4.69) is 70.6 Å². The summed E-state index contributed by atoms with van der Waals surface area (Å²) in [6.45, 7) is 9.66. The van der Waals surface area contributed by atoms with E-state index in [1.807, 2.05) is 118 Å². The number of H-pyrrole nitrogens is 1. The Labute approximate surface area is 408 Å². The third-order valence-electron chi connectivity index (χ3n) is 12.6. The lowest BCUT2D eigenvalue weighted by atomic mass is 9.99. The van der Waals surface area contributed by atoms with Crippen molar-refractivity contribution in [1.29, 1.82) is 0 Å². The van der Waals surface area contributed by atoms with Crippen molar-refractivity contribution < 1.29 is 23.4 Å². The van der Waals surface area contributed by atoms with Gasteiger partial charge in [0, 0.05) is 37.4 Å². The molecule has 2 atom stereocenters. The van der Waals surface area contributed by atoms with Crippen molar-refractivity contribution in [2.45, 2.75) is 76.5 Å². The first-order valence-electron chi connectivity index (χ1n) is 23.9. The minimum absolute atomic E-state index is 0.172. The number of aromatic nitrogens is 3. The Morgan fingerprint density at radius 3 is 1.90 bits per heavy atom. The highest BCUT2D eigenvalue weighted by Gasteiger charge is 2.28. The molecule has 6 aromatic carbocycles. The Kier molecular flexibility index (Phi) is 14.9. The van der Waals surface area contributed by atoms with Crippen LogP contribution in [0, 0.1) is 5.82 Å². The molecule has 0 saturated carbocycles. The number of anilines is 1. The van der Waals surface area contributed by atoms with Crippen molar-refractivity contribution in [3.8, 4) is 22.3 Å². The number of carbonyl (C=O) groups is 1. The number of hydrogen-bond donors (Lipinski definition) is 2. The third kappa shape index (κ3) is 12.3. The van der Waals surface area contributed by atoms with E-state index in [0.717, 1.165) is 112 Å². The molecular weight excluding hydrogens is 884 g/mol.